The molecule has 3 saturated heterocycles. The number of hydrogen-bond acceptors (Lipinski definition) is 5. The lowest BCUT2D eigenvalue weighted by atomic mass is 9.76. The van der Waals surface area contributed by atoms with Crippen LogP contribution in [-0.4, -0.2) is 46.8 Å². The fraction of sp³-hybridized carbons (Fsp3) is 0.529. The second-order valence-corrected chi connectivity index (χ2v) is 6.48. The number of nitro benzene ring substituents is 1. The van der Waals surface area contributed by atoms with Crippen molar-refractivity contribution in [2.24, 2.45) is 5.92 Å². The monoisotopic (exact) mass is 354 g/mol. The van der Waals surface area contributed by atoms with E-state index in [1.165, 1.54) is 12.1 Å². The SMILES string of the molecule is C=CCc1cc([N+](=O)[O-])ccc1OCC1(O)CN2CCC1CC2.Cl. The number of allylic oxidation sites excluding steroid dienone is 1. The summed E-state index contributed by atoms with van der Waals surface area (Å²) in [6, 6.07) is 4.56. The number of rotatable bonds is 6. The van der Waals surface area contributed by atoms with Gasteiger partial charge in [-0.2, -0.15) is 0 Å². The number of benzene rings is 1. The highest BCUT2D eigenvalue weighted by atomic mass is 35.5. The average Bonchev–Trinajstić information content (AvgIpc) is 2.54. The zero-order valence-corrected chi connectivity index (χ0v) is 14.3. The van der Waals surface area contributed by atoms with E-state index < -0.39 is 10.5 Å². The Kier molecular flexibility index (Phi) is 5.85. The molecule has 1 N–H and O–H groups in total. The van der Waals surface area contributed by atoms with Crippen molar-refractivity contribution in [3.05, 3.63) is 46.5 Å². The van der Waals surface area contributed by atoms with Gasteiger partial charge in [-0.05, 0) is 44.3 Å². The van der Waals surface area contributed by atoms with Gasteiger partial charge in [0.25, 0.3) is 5.69 Å². The van der Waals surface area contributed by atoms with Gasteiger partial charge in [0.15, 0.2) is 0 Å². The lowest BCUT2D eigenvalue weighted by Crippen LogP contribution is -2.61. The Hall–Kier alpha value is -1.63. The molecule has 2 bridgehead atoms. The van der Waals surface area contributed by atoms with Crippen molar-refractivity contribution in [1.29, 1.82) is 0 Å². The zero-order chi connectivity index (χ0) is 16.4. The number of hydrogen-bond donors (Lipinski definition) is 1. The van der Waals surface area contributed by atoms with Crippen LogP contribution in [0.2, 0.25) is 0 Å². The van der Waals surface area contributed by atoms with Crippen LogP contribution in [0.3, 0.4) is 0 Å². The van der Waals surface area contributed by atoms with Crippen molar-refractivity contribution >= 4 is 18.1 Å². The van der Waals surface area contributed by atoms with Crippen LogP contribution in [0, 0.1) is 16.0 Å². The maximum Gasteiger partial charge on any atom is 0.269 e. The standard InChI is InChI=1S/C17H22N2O4.ClH/c1-2-3-13-10-15(19(21)22)4-5-16(13)23-12-17(20)11-18-8-6-14(17)7-9-18;/h2,4-5,10,14,20H,1,3,6-9,11-12H2;1H. The Balaban J connectivity index is 0.00000208. The summed E-state index contributed by atoms with van der Waals surface area (Å²) in [5.74, 6) is 0.855. The summed E-state index contributed by atoms with van der Waals surface area (Å²) in [6.07, 6.45) is 4.18. The van der Waals surface area contributed by atoms with Crippen LogP contribution < -0.4 is 4.74 Å². The Labute approximate surface area is 147 Å². The van der Waals surface area contributed by atoms with Crippen molar-refractivity contribution in [3.63, 3.8) is 0 Å². The van der Waals surface area contributed by atoms with E-state index in [0.29, 0.717) is 18.7 Å². The molecule has 132 valence electrons. The van der Waals surface area contributed by atoms with Crippen molar-refractivity contribution in [3.8, 4) is 5.75 Å². The van der Waals surface area contributed by atoms with Crippen molar-refractivity contribution < 1.29 is 14.8 Å². The largest absolute Gasteiger partial charge is 0.490 e. The number of ether oxygens (including phenoxy) is 1. The lowest BCUT2D eigenvalue weighted by Gasteiger charge is -2.50. The van der Waals surface area contributed by atoms with Gasteiger partial charge in [-0.25, -0.2) is 0 Å². The number of fused-ring (bicyclic) bond motifs is 3. The van der Waals surface area contributed by atoms with E-state index >= 15 is 0 Å². The fourth-order valence-corrected chi connectivity index (χ4v) is 3.65. The Morgan fingerprint density at radius 1 is 1.46 bits per heavy atom. The van der Waals surface area contributed by atoms with E-state index in [4.69, 9.17) is 4.74 Å². The number of non-ortho nitro benzene ring substituents is 1. The molecule has 1 aromatic rings. The molecule has 1 unspecified atom stereocenters. The molecule has 24 heavy (non-hydrogen) atoms. The molecule has 1 atom stereocenters. The highest BCUT2D eigenvalue weighted by Crippen LogP contribution is 2.36. The van der Waals surface area contributed by atoms with Gasteiger partial charge in [0.2, 0.25) is 0 Å². The molecule has 3 aliphatic heterocycles. The molecule has 4 rings (SSSR count). The minimum Gasteiger partial charge on any atom is -0.490 e. The van der Waals surface area contributed by atoms with Crippen molar-refractivity contribution in [2.45, 2.75) is 24.9 Å². The summed E-state index contributed by atoms with van der Waals surface area (Å²) in [4.78, 5) is 12.8. The second-order valence-electron chi connectivity index (χ2n) is 6.48. The van der Waals surface area contributed by atoms with Crippen LogP contribution in [0.4, 0.5) is 5.69 Å². The Morgan fingerprint density at radius 2 is 2.17 bits per heavy atom. The van der Waals surface area contributed by atoms with E-state index in [2.05, 4.69) is 11.5 Å². The van der Waals surface area contributed by atoms with Gasteiger partial charge in [0.05, 0.1) is 4.92 Å². The molecule has 0 amide bonds. The molecule has 0 aliphatic carbocycles. The Bertz CT molecular complexity index is 617. The van der Waals surface area contributed by atoms with Crippen molar-refractivity contribution in [1.82, 2.24) is 4.90 Å². The minimum atomic E-state index is -0.830. The number of piperidine rings is 3. The lowest BCUT2D eigenvalue weighted by molar-refractivity contribution is -0.384. The van der Waals surface area contributed by atoms with E-state index in [0.717, 1.165) is 31.5 Å². The average molecular weight is 355 g/mol. The van der Waals surface area contributed by atoms with Crippen LogP contribution in [0.5, 0.6) is 5.75 Å². The molecule has 3 heterocycles. The van der Waals surface area contributed by atoms with Gasteiger partial charge in [-0.1, -0.05) is 6.08 Å². The van der Waals surface area contributed by atoms with Gasteiger partial charge in [-0.15, -0.1) is 19.0 Å². The van der Waals surface area contributed by atoms with E-state index in [1.54, 1.807) is 12.1 Å². The minimum absolute atomic E-state index is 0. The van der Waals surface area contributed by atoms with Crippen LogP contribution >= 0.6 is 12.4 Å². The summed E-state index contributed by atoms with van der Waals surface area (Å²) in [7, 11) is 0. The molecule has 0 spiro atoms. The quantitative estimate of drug-likeness (QED) is 0.482. The predicted molar refractivity (Wildman–Crippen MR) is 93.9 cm³/mol. The molecular weight excluding hydrogens is 332 g/mol. The van der Waals surface area contributed by atoms with Gasteiger partial charge in [0.1, 0.15) is 18.0 Å². The molecule has 1 aromatic carbocycles. The first-order valence-corrected chi connectivity index (χ1v) is 7.97. The van der Waals surface area contributed by atoms with Gasteiger partial charge in [-0.3, -0.25) is 10.1 Å². The van der Waals surface area contributed by atoms with E-state index in [1.807, 2.05) is 0 Å². The first-order chi connectivity index (χ1) is 11.0. The van der Waals surface area contributed by atoms with Gasteiger partial charge >= 0.3 is 0 Å². The highest BCUT2D eigenvalue weighted by molar-refractivity contribution is 5.85. The number of halogens is 1. The molecule has 7 heteroatoms. The Morgan fingerprint density at radius 3 is 2.71 bits per heavy atom. The number of aliphatic hydroxyl groups is 1. The predicted octanol–water partition coefficient (Wildman–Crippen LogP) is 2.58. The first kappa shape index (κ1) is 18.7. The molecule has 6 nitrogen and oxygen atoms in total. The third kappa shape index (κ3) is 3.71. The smallest absolute Gasteiger partial charge is 0.269 e. The summed E-state index contributed by atoms with van der Waals surface area (Å²) in [5, 5.41) is 21.8. The van der Waals surface area contributed by atoms with Crippen LogP contribution in [0.25, 0.3) is 0 Å². The molecular formula is C17H23ClN2O4. The second kappa shape index (κ2) is 7.51. The molecule has 3 fully saturated rings. The summed E-state index contributed by atoms with van der Waals surface area (Å²) >= 11 is 0. The van der Waals surface area contributed by atoms with E-state index in [9.17, 15) is 15.2 Å². The molecule has 0 saturated carbocycles. The zero-order valence-electron chi connectivity index (χ0n) is 13.5. The normalized spacial score (nSPS) is 28.0. The van der Waals surface area contributed by atoms with Crippen LogP contribution in [0.1, 0.15) is 18.4 Å². The number of nitro groups is 1. The molecule has 0 aromatic heterocycles. The van der Waals surface area contributed by atoms with Crippen LogP contribution in [0.15, 0.2) is 30.9 Å². The molecule has 0 radical (unpaired) electrons. The van der Waals surface area contributed by atoms with Crippen LogP contribution in [-0.2, 0) is 6.42 Å². The van der Waals surface area contributed by atoms with E-state index in [-0.39, 0.29) is 30.6 Å². The summed E-state index contributed by atoms with van der Waals surface area (Å²) in [5.41, 5.74) is -0.0705. The first-order valence-electron chi connectivity index (χ1n) is 7.97. The van der Waals surface area contributed by atoms with Gasteiger partial charge < -0.3 is 14.7 Å². The third-order valence-corrected chi connectivity index (χ3v) is 4.94. The highest BCUT2D eigenvalue weighted by Gasteiger charge is 2.46. The molecule has 3 aliphatic rings. The number of nitrogens with zero attached hydrogens (tertiary/aromatic N) is 2. The third-order valence-electron chi connectivity index (χ3n) is 4.94. The maximum absolute atomic E-state index is 10.9. The maximum atomic E-state index is 10.9. The summed E-state index contributed by atoms with van der Waals surface area (Å²) < 4.78 is 5.87. The summed E-state index contributed by atoms with van der Waals surface area (Å²) in [6.45, 7) is 6.64. The van der Waals surface area contributed by atoms with Gasteiger partial charge in [0, 0.05) is 24.2 Å². The topological polar surface area (TPSA) is 75.8 Å². The van der Waals surface area contributed by atoms with Crippen molar-refractivity contribution in [2.75, 3.05) is 26.2 Å². The fourth-order valence-electron chi connectivity index (χ4n) is 3.65.